The van der Waals surface area contributed by atoms with E-state index in [2.05, 4.69) is 10.6 Å². The smallest absolute Gasteiger partial charge is 0.250 e. The van der Waals surface area contributed by atoms with E-state index in [9.17, 15) is 18.8 Å². The maximum absolute atomic E-state index is 13.6. The van der Waals surface area contributed by atoms with Crippen LogP contribution in [0.15, 0.2) is 42.5 Å². The Labute approximate surface area is 183 Å². The van der Waals surface area contributed by atoms with Gasteiger partial charge < -0.3 is 5.32 Å². The zero-order valence-corrected chi connectivity index (χ0v) is 17.7. The number of halogens is 2. The first kappa shape index (κ1) is 20.2. The largest absolute Gasteiger partial charge is 0.323 e. The summed E-state index contributed by atoms with van der Waals surface area (Å²) in [6, 6.07) is 10.5. The summed E-state index contributed by atoms with van der Waals surface area (Å²) in [5.74, 6) is -3.04. The van der Waals surface area contributed by atoms with Gasteiger partial charge in [-0.1, -0.05) is 49.7 Å². The van der Waals surface area contributed by atoms with Crippen molar-refractivity contribution in [2.75, 3.05) is 5.32 Å². The van der Waals surface area contributed by atoms with Gasteiger partial charge in [-0.2, -0.15) is 0 Å². The van der Waals surface area contributed by atoms with Crippen LogP contribution in [0.5, 0.6) is 0 Å². The molecule has 0 bridgehead atoms. The number of likely N-dealkylation sites (tertiary alicyclic amines) is 1. The minimum atomic E-state index is -1.36. The molecule has 8 heteroatoms. The van der Waals surface area contributed by atoms with E-state index >= 15 is 0 Å². The molecule has 4 atom stereocenters. The highest BCUT2D eigenvalue weighted by molar-refractivity contribution is 6.35. The lowest BCUT2D eigenvalue weighted by atomic mass is 9.76. The molecular weight excluding hydrogens is 421 g/mol. The van der Waals surface area contributed by atoms with Crippen LogP contribution in [0, 0.1) is 23.6 Å². The van der Waals surface area contributed by atoms with Gasteiger partial charge in [0.2, 0.25) is 17.7 Å². The molecular formula is C23H21ClFN3O3. The second-order valence-electron chi connectivity index (χ2n) is 8.73. The second-order valence-corrected chi connectivity index (χ2v) is 9.14. The summed E-state index contributed by atoms with van der Waals surface area (Å²) in [4.78, 5) is 41.6. The molecule has 2 aromatic carbocycles. The normalized spacial score (nSPS) is 29.1. The third-order valence-electron chi connectivity index (χ3n) is 6.70. The molecule has 1 spiro atoms. The Kier molecular flexibility index (Phi) is 4.46. The number of carbonyl (C=O) groups is 3. The minimum Gasteiger partial charge on any atom is -0.323 e. The summed E-state index contributed by atoms with van der Waals surface area (Å²) in [5, 5.41) is 6.57. The van der Waals surface area contributed by atoms with Crippen molar-refractivity contribution in [2.24, 2.45) is 17.8 Å². The molecule has 3 aliphatic heterocycles. The van der Waals surface area contributed by atoms with Crippen LogP contribution in [-0.4, -0.2) is 28.7 Å². The van der Waals surface area contributed by atoms with Gasteiger partial charge in [0.25, 0.3) is 0 Å². The molecule has 3 amide bonds. The van der Waals surface area contributed by atoms with Gasteiger partial charge in [-0.15, -0.1) is 0 Å². The SMILES string of the molecule is CC(C)[C@H]1N[C@@]2(C(=O)Nc3c(Cl)cccc32)[C@@H]2C(=O)N(Cc3ccc(F)cc3)C(=O)[C@H]12. The number of hydrogen-bond acceptors (Lipinski definition) is 4. The number of para-hydroxylation sites is 1. The fraction of sp³-hybridized carbons (Fsp3) is 0.348. The zero-order valence-electron chi connectivity index (χ0n) is 17.0. The number of nitrogens with one attached hydrogen (secondary N) is 2. The molecule has 2 fully saturated rings. The fourth-order valence-electron chi connectivity index (χ4n) is 5.29. The van der Waals surface area contributed by atoms with Gasteiger partial charge in [-0.3, -0.25) is 24.6 Å². The number of anilines is 1. The fourth-order valence-corrected chi connectivity index (χ4v) is 5.51. The molecule has 160 valence electrons. The van der Waals surface area contributed by atoms with Crippen LogP contribution in [0.1, 0.15) is 25.0 Å². The third-order valence-corrected chi connectivity index (χ3v) is 7.01. The Morgan fingerprint density at radius 1 is 1.10 bits per heavy atom. The third kappa shape index (κ3) is 2.69. The van der Waals surface area contributed by atoms with E-state index in [0.29, 0.717) is 21.8 Å². The van der Waals surface area contributed by atoms with Gasteiger partial charge in [0.05, 0.1) is 29.1 Å². The summed E-state index contributed by atoms with van der Waals surface area (Å²) in [6.45, 7) is 3.95. The molecule has 5 rings (SSSR count). The van der Waals surface area contributed by atoms with Gasteiger partial charge in [0.15, 0.2) is 0 Å². The van der Waals surface area contributed by atoms with E-state index in [0.717, 1.165) is 0 Å². The first-order valence-electron chi connectivity index (χ1n) is 10.2. The van der Waals surface area contributed by atoms with Gasteiger partial charge in [0.1, 0.15) is 11.4 Å². The van der Waals surface area contributed by atoms with E-state index in [1.807, 2.05) is 13.8 Å². The molecule has 0 unspecified atom stereocenters. The molecule has 0 radical (unpaired) electrons. The summed E-state index contributed by atoms with van der Waals surface area (Å²) >= 11 is 6.32. The average molecular weight is 442 g/mol. The van der Waals surface area contributed by atoms with Crippen molar-refractivity contribution in [3.63, 3.8) is 0 Å². The van der Waals surface area contributed by atoms with E-state index in [1.54, 1.807) is 30.3 Å². The summed E-state index contributed by atoms with van der Waals surface area (Å²) in [7, 11) is 0. The highest BCUT2D eigenvalue weighted by Gasteiger charge is 2.70. The molecule has 2 saturated heterocycles. The Bertz CT molecular complexity index is 1120. The van der Waals surface area contributed by atoms with Gasteiger partial charge in [-0.05, 0) is 29.7 Å². The molecule has 3 aliphatic rings. The number of benzene rings is 2. The van der Waals surface area contributed by atoms with Crippen LogP contribution in [0.2, 0.25) is 5.02 Å². The van der Waals surface area contributed by atoms with Crippen LogP contribution in [0.4, 0.5) is 10.1 Å². The van der Waals surface area contributed by atoms with Crippen LogP contribution in [0.25, 0.3) is 0 Å². The topological polar surface area (TPSA) is 78.5 Å². The average Bonchev–Trinajstić information content (AvgIpc) is 3.32. The summed E-state index contributed by atoms with van der Waals surface area (Å²) in [5.41, 5.74) is 0.352. The van der Waals surface area contributed by atoms with Gasteiger partial charge in [-0.25, -0.2) is 4.39 Å². The standard InChI is InChI=1S/C23H21ClFN3O3/c1-11(2)18-16-17(21(30)28(20(16)29)10-12-6-8-13(25)9-7-12)23(27-18)14-4-3-5-15(24)19(14)26-22(23)31/h3-9,11,16-18,27H,10H2,1-2H3,(H,26,31)/t16-,17-,18+,23+/m0/s1. The van der Waals surface area contributed by atoms with Crippen LogP contribution < -0.4 is 10.6 Å². The Morgan fingerprint density at radius 2 is 1.81 bits per heavy atom. The van der Waals surface area contributed by atoms with Crippen molar-refractivity contribution in [1.82, 2.24) is 10.2 Å². The lowest BCUT2D eigenvalue weighted by molar-refractivity contribution is -0.143. The van der Waals surface area contributed by atoms with Crippen molar-refractivity contribution < 1.29 is 18.8 Å². The lowest BCUT2D eigenvalue weighted by Gasteiger charge is -2.30. The highest BCUT2D eigenvalue weighted by atomic mass is 35.5. The van der Waals surface area contributed by atoms with Crippen molar-refractivity contribution in [2.45, 2.75) is 32.0 Å². The summed E-state index contributed by atoms with van der Waals surface area (Å²) in [6.07, 6.45) is 0. The molecule has 6 nitrogen and oxygen atoms in total. The number of imide groups is 1. The van der Waals surface area contributed by atoms with Crippen molar-refractivity contribution in [1.29, 1.82) is 0 Å². The zero-order chi connectivity index (χ0) is 22.1. The number of hydrogen-bond donors (Lipinski definition) is 2. The van der Waals surface area contributed by atoms with Crippen LogP contribution >= 0.6 is 11.6 Å². The number of fused-ring (bicyclic) bond motifs is 4. The lowest BCUT2D eigenvalue weighted by Crippen LogP contribution is -2.53. The van der Waals surface area contributed by atoms with E-state index in [1.165, 1.54) is 17.0 Å². The predicted molar refractivity (Wildman–Crippen MR) is 112 cm³/mol. The first-order valence-corrected chi connectivity index (χ1v) is 10.6. The number of amides is 3. The van der Waals surface area contributed by atoms with E-state index < -0.39 is 23.3 Å². The second kappa shape index (κ2) is 6.87. The molecule has 0 aliphatic carbocycles. The number of rotatable bonds is 3. The molecule has 31 heavy (non-hydrogen) atoms. The molecule has 0 saturated carbocycles. The molecule has 2 N–H and O–H groups in total. The molecule has 0 aromatic heterocycles. The Morgan fingerprint density at radius 3 is 2.48 bits per heavy atom. The summed E-state index contributed by atoms with van der Waals surface area (Å²) < 4.78 is 13.3. The van der Waals surface area contributed by atoms with E-state index in [-0.39, 0.29) is 36.1 Å². The maximum atomic E-state index is 13.6. The monoisotopic (exact) mass is 441 g/mol. The van der Waals surface area contributed by atoms with Crippen molar-refractivity contribution in [3.05, 3.63) is 64.4 Å². The maximum Gasteiger partial charge on any atom is 0.250 e. The highest BCUT2D eigenvalue weighted by Crippen LogP contribution is 2.55. The van der Waals surface area contributed by atoms with Crippen molar-refractivity contribution in [3.8, 4) is 0 Å². The minimum absolute atomic E-state index is 0.00503. The molecule has 2 aromatic rings. The van der Waals surface area contributed by atoms with E-state index in [4.69, 9.17) is 11.6 Å². The quantitative estimate of drug-likeness (QED) is 0.717. The van der Waals surface area contributed by atoms with Crippen LogP contribution in [-0.2, 0) is 26.5 Å². The number of carbonyl (C=O) groups excluding carboxylic acids is 3. The Balaban J connectivity index is 1.61. The predicted octanol–water partition coefficient (Wildman–Crippen LogP) is 3.06. The van der Waals surface area contributed by atoms with Crippen LogP contribution in [0.3, 0.4) is 0 Å². The van der Waals surface area contributed by atoms with Gasteiger partial charge in [0, 0.05) is 11.6 Å². The van der Waals surface area contributed by atoms with Crippen molar-refractivity contribution >= 4 is 35.0 Å². The first-order chi connectivity index (χ1) is 14.8. The molecule has 3 heterocycles. The number of nitrogens with zero attached hydrogens (tertiary/aromatic N) is 1. The van der Waals surface area contributed by atoms with Gasteiger partial charge >= 0.3 is 0 Å². The Hall–Kier alpha value is -2.77.